The van der Waals surface area contributed by atoms with E-state index in [1.54, 1.807) is 49.4 Å². The zero-order valence-electron chi connectivity index (χ0n) is 15.5. The van der Waals surface area contributed by atoms with Crippen molar-refractivity contribution in [2.45, 2.75) is 13.8 Å². The predicted molar refractivity (Wildman–Crippen MR) is 108 cm³/mol. The first-order chi connectivity index (χ1) is 13.5. The number of fused-ring (bicyclic) bond motifs is 1. The van der Waals surface area contributed by atoms with Gasteiger partial charge in [-0.3, -0.25) is 0 Å². The lowest BCUT2D eigenvalue weighted by Gasteiger charge is -2.07. The van der Waals surface area contributed by atoms with Gasteiger partial charge in [0.15, 0.2) is 0 Å². The number of ether oxygens (including phenoxy) is 1. The maximum Gasteiger partial charge on any atom is 0.362 e. The highest BCUT2D eigenvalue weighted by molar-refractivity contribution is 6.15. The van der Waals surface area contributed by atoms with Gasteiger partial charge in [-0.25, -0.2) is 14.6 Å². The van der Waals surface area contributed by atoms with Crippen LogP contribution in [0.1, 0.15) is 18.1 Å². The lowest BCUT2D eigenvalue weighted by atomic mass is 10.1. The van der Waals surface area contributed by atoms with Crippen LogP contribution in [0.25, 0.3) is 16.7 Å². The molecule has 3 aromatic rings. The molecule has 0 atom stereocenters. The van der Waals surface area contributed by atoms with Crippen LogP contribution in [-0.4, -0.2) is 23.9 Å². The van der Waals surface area contributed by atoms with E-state index >= 15 is 0 Å². The molecule has 0 unspecified atom stereocenters. The summed E-state index contributed by atoms with van der Waals surface area (Å²) in [6.45, 7) is 3.63. The summed E-state index contributed by atoms with van der Waals surface area (Å²) in [5.74, 6) is -1.03. The van der Waals surface area contributed by atoms with Gasteiger partial charge in [0.2, 0.25) is 0 Å². The van der Waals surface area contributed by atoms with Crippen LogP contribution in [0.5, 0.6) is 0 Å². The summed E-state index contributed by atoms with van der Waals surface area (Å²) in [5, 5.41) is 11.2. The molecule has 1 aromatic heterocycles. The molecule has 28 heavy (non-hydrogen) atoms. The van der Waals surface area contributed by atoms with Gasteiger partial charge in [-0.05, 0) is 25.5 Å². The highest BCUT2D eigenvalue weighted by atomic mass is 16.5. The number of aliphatic imine (C=N–C) groups is 1. The monoisotopic (exact) mass is 377 g/mol. The molecule has 0 saturated carbocycles. The second-order valence-corrected chi connectivity index (χ2v) is 6.02. The van der Waals surface area contributed by atoms with Crippen LogP contribution in [-0.2, 0) is 9.53 Å². The number of nitrogens with zero attached hydrogens (tertiary/aromatic N) is 1. The van der Waals surface area contributed by atoms with Gasteiger partial charge in [-0.15, -0.1) is 0 Å². The average molecular weight is 377 g/mol. The summed E-state index contributed by atoms with van der Waals surface area (Å²) >= 11 is 0. The van der Waals surface area contributed by atoms with Crippen molar-refractivity contribution >= 4 is 34.6 Å². The van der Waals surface area contributed by atoms with Crippen LogP contribution in [0.15, 0.2) is 74.4 Å². The number of hydrogen-bond acceptors (Lipinski definition) is 6. The van der Waals surface area contributed by atoms with Gasteiger partial charge in [0.25, 0.3) is 0 Å². The minimum atomic E-state index is -0.742. The van der Waals surface area contributed by atoms with E-state index in [1.165, 1.54) is 0 Å². The number of hydrogen-bond donors (Lipinski definition) is 1. The molecule has 2 aromatic carbocycles. The normalized spacial score (nSPS) is 12.2. The molecule has 3 rings (SSSR count). The molecule has 6 heteroatoms. The predicted octanol–water partition coefficient (Wildman–Crippen LogP) is 4.34. The van der Waals surface area contributed by atoms with Gasteiger partial charge >= 0.3 is 11.6 Å². The Kier molecular flexibility index (Phi) is 5.69. The topological polar surface area (TPSA) is 89.1 Å². The first kappa shape index (κ1) is 19.1. The Morgan fingerprint density at radius 3 is 2.64 bits per heavy atom. The van der Waals surface area contributed by atoms with E-state index in [-0.39, 0.29) is 23.6 Å². The molecule has 0 saturated heterocycles. The first-order valence-electron chi connectivity index (χ1n) is 8.74. The van der Waals surface area contributed by atoms with Crippen molar-refractivity contribution in [3.8, 4) is 0 Å². The standard InChI is InChI=1S/C22H19NO5/c1-3-27-21(25)17(19(24)15-9-5-4-6-10-15)13-23-18-12-16-11-7-8-14(2)20(16)28-22(18)26/h4-13,24H,3H2,1-2H3/b19-17+,23-13?. The molecule has 0 aliphatic carbocycles. The fourth-order valence-electron chi connectivity index (χ4n) is 2.67. The molecule has 0 amide bonds. The third kappa shape index (κ3) is 4.01. The molecule has 0 aliphatic rings. The van der Waals surface area contributed by atoms with Crippen molar-refractivity contribution in [2.24, 2.45) is 4.99 Å². The SMILES string of the molecule is CCOC(=O)/C(C=Nc1cc2cccc(C)c2oc1=O)=C(/O)c1ccccc1. The van der Waals surface area contributed by atoms with Crippen LogP contribution < -0.4 is 5.63 Å². The summed E-state index contributed by atoms with van der Waals surface area (Å²) in [5.41, 5.74) is 0.967. The smallest absolute Gasteiger partial charge is 0.362 e. The van der Waals surface area contributed by atoms with Gasteiger partial charge in [-0.1, -0.05) is 48.5 Å². The molecular weight excluding hydrogens is 358 g/mol. The van der Waals surface area contributed by atoms with Gasteiger partial charge in [-0.2, -0.15) is 0 Å². The van der Waals surface area contributed by atoms with Gasteiger partial charge in [0.05, 0.1) is 6.61 Å². The largest absolute Gasteiger partial charge is 0.506 e. The quantitative estimate of drug-likeness (QED) is 0.235. The van der Waals surface area contributed by atoms with Gasteiger partial charge in [0.1, 0.15) is 22.6 Å². The van der Waals surface area contributed by atoms with E-state index < -0.39 is 11.6 Å². The van der Waals surface area contributed by atoms with Crippen LogP contribution in [0.3, 0.4) is 0 Å². The van der Waals surface area contributed by atoms with E-state index in [0.717, 1.165) is 11.8 Å². The summed E-state index contributed by atoms with van der Waals surface area (Å²) in [6, 6.07) is 15.6. The lowest BCUT2D eigenvalue weighted by molar-refractivity contribution is -0.137. The van der Waals surface area contributed by atoms with Crippen LogP contribution >= 0.6 is 0 Å². The molecule has 0 bridgehead atoms. The summed E-state index contributed by atoms with van der Waals surface area (Å²) in [4.78, 5) is 28.6. The van der Waals surface area contributed by atoms with Crippen LogP contribution in [0.2, 0.25) is 0 Å². The maximum atomic E-state index is 12.3. The van der Waals surface area contributed by atoms with Crippen molar-refractivity contribution in [2.75, 3.05) is 6.61 Å². The van der Waals surface area contributed by atoms with E-state index in [9.17, 15) is 14.7 Å². The lowest BCUT2D eigenvalue weighted by Crippen LogP contribution is -2.11. The molecule has 0 spiro atoms. The van der Waals surface area contributed by atoms with E-state index in [0.29, 0.717) is 16.5 Å². The maximum absolute atomic E-state index is 12.3. The van der Waals surface area contributed by atoms with Crippen molar-refractivity contribution in [3.63, 3.8) is 0 Å². The molecule has 1 N–H and O–H groups in total. The summed E-state index contributed by atoms with van der Waals surface area (Å²) in [6.07, 6.45) is 1.12. The van der Waals surface area contributed by atoms with E-state index in [4.69, 9.17) is 9.15 Å². The Morgan fingerprint density at radius 1 is 1.18 bits per heavy atom. The summed E-state index contributed by atoms with van der Waals surface area (Å²) in [7, 11) is 0. The highest BCUT2D eigenvalue weighted by Crippen LogP contribution is 2.21. The molecule has 0 radical (unpaired) electrons. The Hall–Kier alpha value is -3.67. The number of aryl methyl sites for hydroxylation is 1. The first-order valence-corrected chi connectivity index (χ1v) is 8.74. The number of esters is 1. The third-order valence-electron chi connectivity index (χ3n) is 4.07. The number of carbonyl (C=O) groups excluding carboxylic acids is 1. The number of rotatable bonds is 5. The number of carbonyl (C=O) groups is 1. The number of aliphatic hydroxyl groups is 1. The highest BCUT2D eigenvalue weighted by Gasteiger charge is 2.16. The number of benzene rings is 2. The fourth-order valence-corrected chi connectivity index (χ4v) is 2.67. The fraction of sp³-hybridized carbons (Fsp3) is 0.136. The molecule has 0 fully saturated rings. The Morgan fingerprint density at radius 2 is 1.93 bits per heavy atom. The minimum Gasteiger partial charge on any atom is -0.506 e. The van der Waals surface area contributed by atoms with Gasteiger partial charge < -0.3 is 14.3 Å². The zero-order chi connectivity index (χ0) is 20.1. The van der Waals surface area contributed by atoms with Crippen LogP contribution in [0.4, 0.5) is 5.69 Å². The number of para-hydroxylation sites is 1. The average Bonchev–Trinajstić information content (AvgIpc) is 2.70. The van der Waals surface area contributed by atoms with Crippen molar-refractivity contribution < 1.29 is 19.1 Å². The molecule has 142 valence electrons. The van der Waals surface area contributed by atoms with Gasteiger partial charge in [0, 0.05) is 17.2 Å². The van der Waals surface area contributed by atoms with E-state index in [2.05, 4.69) is 4.99 Å². The van der Waals surface area contributed by atoms with Crippen molar-refractivity contribution in [3.05, 3.63) is 81.7 Å². The molecule has 6 nitrogen and oxygen atoms in total. The van der Waals surface area contributed by atoms with Crippen LogP contribution in [0, 0.1) is 6.92 Å². The Bertz CT molecular complexity index is 1130. The second-order valence-electron chi connectivity index (χ2n) is 6.02. The molecular formula is C22H19NO5. The zero-order valence-corrected chi connectivity index (χ0v) is 15.5. The van der Waals surface area contributed by atoms with E-state index in [1.807, 2.05) is 19.1 Å². The third-order valence-corrected chi connectivity index (χ3v) is 4.07. The minimum absolute atomic E-state index is 0.0146. The Labute approximate surface area is 161 Å². The molecule has 1 heterocycles. The van der Waals surface area contributed by atoms with Crippen molar-refractivity contribution in [1.29, 1.82) is 0 Å². The Balaban J connectivity index is 2.07. The molecule has 0 aliphatic heterocycles. The second kappa shape index (κ2) is 8.35. The van der Waals surface area contributed by atoms with Crippen molar-refractivity contribution in [1.82, 2.24) is 0 Å². The number of aliphatic hydroxyl groups excluding tert-OH is 1. The summed E-state index contributed by atoms with van der Waals surface area (Å²) < 4.78 is 10.3.